The monoisotopic (exact) mass is 334 g/mol. The van der Waals surface area contributed by atoms with Crippen molar-refractivity contribution in [2.45, 2.75) is 36.4 Å². The minimum absolute atomic E-state index is 0.0189. The maximum absolute atomic E-state index is 11.9. The Morgan fingerprint density at radius 1 is 1.43 bits per heavy atom. The summed E-state index contributed by atoms with van der Waals surface area (Å²) >= 11 is 1.41. The van der Waals surface area contributed by atoms with Crippen molar-refractivity contribution in [3.63, 3.8) is 0 Å². The molecule has 0 aliphatic carbocycles. The summed E-state index contributed by atoms with van der Waals surface area (Å²) in [7, 11) is -0.643. The molecular formula is C13H22N2O4S2. The summed E-state index contributed by atoms with van der Waals surface area (Å²) in [5.74, 6) is 0.967. The Morgan fingerprint density at radius 2 is 2.10 bits per heavy atom. The van der Waals surface area contributed by atoms with Crippen LogP contribution in [0, 0.1) is 0 Å². The van der Waals surface area contributed by atoms with Crippen LogP contribution >= 0.6 is 11.8 Å². The van der Waals surface area contributed by atoms with Crippen LogP contribution in [0.2, 0.25) is 0 Å². The first-order chi connectivity index (χ1) is 9.78. The predicted molar refractivity (Wildman–Crippen MR) is 83.6 cm³/mol. The molecule has 1 aromatic rings. The molecule has 0 bridgehead atoms. The fourth-order valence-electron chi connectivity index (χ4n) is 1.43. The van der Waals surface area contributed by atoms with E-state index in [2.05, 4.69) is 5.32 Å². The summed E-state index contributed by atoms with van der Waals surface area (Å²) in [4.78, 5) is 11.7. The molecule has 0 aromatic carbocycles. The highest BCUT2D eigenvalue weighted by Gasteiger charge is 2.22. The molecule has 1 amide bonds. The van der Waals surface area contributed by atoms with Gasteiger partial charge < -0.3 is 9.73 Å². The van der Waals surface area contributed by atoms with Crippen molar-refractivity contribution in [3.8, 4) is 0 Å². The lowest BCUT2D eigenvalue weighted by molar-refractivity contribution is -0.120. The van der Waals surface area contributed by atoms with Gasteiger partial charge in [0.1, 0.15) is 5.76 Å². The molecule has 1 rings (SSSR count). The van der Waals surface area contributed by atoms with Gasteiger partial charge in [-0.15, -0.1) is 11.8 Å². The molecule has 0 fully saturated rings. The van der Waals surface area contributed by atoms with Crippen molar-refractivity contribution < 1.29 is 17.6 Å². The normalized spacial score (nSPS) is 13.4. The molecule has 120 valence electrons. The second-order valence-corrected chi connectivity index (χ2v) is 8.16. The van der Waals surface area contributed by atoms with E-state index >= 15 is 0 Å². The number of hydrogen-bond donors (Lipinski definition) is 1. The van der Waals surface area contributed by atoms with E-state index in [1.807, 2.05) is 13.8 Å². The molecule has 0 unspecified atom stereocenters. The largest absolute Gasteiger partial charge is 0.447 e. The number of thioether (sulfide) groups is 1. The van der Waals surface area contributed by atoms with Gasteiger partial charge in [0.2, 0.25) is 11.0 Å². The summed E-state index contributed by atoms with van der Waals surface area (Å²) in [5.41, 5.74) is 0. The first-order valence-electron chi connectivity index (χ1n) is 6.69. The van der Waals surface area contributed by atoms with Gasteiger partial charge in [-0.1, -0.05) is 6.92 Å². The third kappa shape index (κ3) is 5.05. The first kappa shape index (κ1) is 18.1. The van der Waals surface area contributed by atoms with Gasteiger partial charge in [0.25, 0.3) is 10.0 Å². The minimum Gasteiger partial charge on any atom is -0.447 e. The topological polar surface area (TPSA) is 79.6 Å². The second kappa shape index (κ2) is 7.86. The molecule has 0 radical (unpaired) electrons. The van der Waals surface area contributed by atoms with Crippen LogP contribution in [0.1, 0.15) is 26.0 Å². The molecule has 21 heavy (non-hydrogen) atoms. The third-order valence-corrected chi connectivity index (χ3v) is 5.62. The Kier molecular flexibility index (Phi) is 6.76. The Morgan fingerprint density at radius 3 is 2.67 bits per heavy atom. The van der Waals surface area contributed by atoms with E-state index in [-0.39, 0.29) is 16.2 Å². The molecule has 1 aromatic heterocycles. The van der Waals surface area contributed by atoms with Crippen LogP contribution in [0.4, 0.5) is 0 Å². The number of nitrogens with one attached hydrogen (secondary N) is 1. The van der Waals surface area contributed by atoms with Crippen LogP contribution < -0.4 is 5.32 Å². The van der Waals surface area contributed by atoms with E-state index in [4.69, 9.17) is 4.42 Å². The fourth-order valence-corrected chi connectivity index (χ4v) is 3.05. The maximum atomic E-state index is 11.9. The lowest BCUT2D eigenvalue weighted by Crippen LogP contribution is -2.31. The Bertz CT molecular complexity index is 566. The third-order valence-electron chi connectivity index (χ3n) is 2.77. The van der Waals surface area contributed by atoms with Crippen LogP contribution in [-0.4, -0.2) is 44.5 Å². The van der Waals surface area contributed by atoms with E-state index < -0.39 is 10.0 Å². The van der Waals surface area contributed by atoms with Crippen LogP contribution in [0.5, 0.6) is 0 Å². The standard InChI is InChI=1S/C13H22N2O4S2/c1-5-8-14-13(16)10(2)20-9-11-6-7-12(19-11)21(17,18)15(3)4/h6-7,10H,5,8-9H2,1-4H3,(H,14,16)/t10-/m0/s1. The van der Waals surface area contributed by atoms with Gasteiger partial charge in [-0.25, -0.2) is 12.7 Å². The number of sulfonamides is 1. The number of hydrogen-bond acceptors (Lipinski definition) is 5. The first-order valence-corrected chi connectivity index (χ1v) is 9.18. The number of carbonyl (C=O) groups excluding carboxylic acids is 1. The van der Waals surface area contributed by atoms with Crippen LogP contribution in [0.25, 0.3) is 0 Å². The maximum Gasteiger partial charge on any atom is 0.275 e. The molecule has 1 heterocycles. The van der Waals surface area contributed by atoms with Crippen LogP contribution in [-0.2, 0) is 20.6 Å². The molecule has 0 saturated carbocycles. The fraction of sp³-hybridized carbons (Fsp3) is 0.615. The lowest BCUT2D eigenvalue weighted by atomic mass is 10.4. The summed E-state index contributed by atoms with van der Waals surface area (Å²) in [6.07, 6.45) is 0.896. The van der Waals surface area contributed by atoms with Crippen molar-refractivity contribution in [1.29, 1.82) is 0 Å². The van der Waals surface area contributed by atoms with E-state index in [0.29, 0.717) is 18.1 Å². The zero-order chi connectivity index (χ0) is 16.0. The van der Waals surface area contributed by atoms with Crippen molar-refractivity contribution in [2.24, 2.45) is 0 Å². The summed E-state index contributed by atoms with van der Waals surface area (Å²) in [6.45, 7) is 4.47. The van der Waals surface area contributed by atoms with Crippen molar-refractivity contribution >= 4 is 27.7 Å². The molecule has 0 saturated heterocycles. The molecule has 1 N–H and O–H groups in total. The van der Waals surface area contributed by atoms with Gasteiger partial charge in [0, 0.05) is 20.6 Å². The Labute approximate surface area is 130 Å². The van der Waals surface area contributed by atoms with E-state index in [1.165, 1.54) is 31.9 Å². The highest BCUT2D eigenvalue weighted by Crippen LogP contribution is 2.22. The van der Waals surface area contributed by atoms with Crippen molar-refractivity contribution in [2.75, 3.05) is 20.6 Å². The molecule has 0 spiro atoms. The van der Waals surface area contributed by atoms with Gasteiger partial charge in [-0.3, -0.25) is 4.79 Å². The number of rotatable bonds is 8. The lowest BCUT2D eigenvalue weighted by Gasteiger charge is -2.10. The highest BCUT2D eigenvalue weighted by molar-refractivity contribution is 7.99. The average Bonchev–Trinajstić information content (AvgIpc) is 2.91. The van der Waals surface area contributed by atoms with E-state index in [0.717, 1.165) is 10.7 Å². The summed E-state index contributed by atoms with van der Waals surface area (Å²) < 4.78 is 30.2. The zero-order valence-electron chi connectivity index (χ0n) is 12.8. The van der Waals surface area contributed by atoms with Crippen molar-refractivity contribution in [3.05, 3.63) is 17.9 Å². The number of amides is 1. The zero-order valence-corrected chi connectivity index (χ0v) is 14.4. The second-order valence-electron chi connectivity index (χ2n) is 4.75. The average molecular weight is 334 g/mol. The Balaban J connectivity index is 2.58. The van der Waals surface area contributed by atoms with Crippen LogP contribution in [0.15, 0.2) is 21.6 Å². The molecule has 6 nitrogen and oxygen atoms in total. The van der Waals surface area contributed by atoms with Crippen molar-refractivity contribution in [1.82, 2.24) is 9.62 Å². The smallest absolute Gasteiger partial charge is 0.275 e. The minimum atomic E-state index is -3.54. The van der Waals surface area contributed by atoms with Gasteiger partial charge in [-0.05, 0) is 25.5 Å². The van der Waals surface area contributed by atoms with Gasteiger partial charge >= 0.3 is 0 Å². The number of carbonyl (C=O) groups is 1. The molecule has 0 aliphatic rings. The van der Waals surface area contributed by atoms with E-state index in [1.54, 1.807) is 6.07 Å². The SMILES string of the molecule is CCCNC(=O)[C@H](C)SCc1ccc(S(=O)(=O)N(C)C)o1. The summed E-state index contributed by atoms with van der Waals surface area (Å²) in [6, 6.07) is 3.06. The molecule has 0 aliphatic heterocycles. The Hall–Kier alpha value is -0.990. The molecule has 8 heteroatoms. The summed E-state index contributed by atoms with van der Waals surface area (Å²) in [5, 5.41) is 2.53. The predicted octanol–water partition coefficient (Wildman–Crippen LogP) is 1.68. The van der Waals surface area contributed by atoms with Gasteiger partial charge in [0.15, 0.2) is 0 Å². The van der Waals surface area contributed by atoms with E-state index in [9.17, 15) is 13.2 Å². The molecular weight excluding hydrogens is 312 g/mol. The quantitative estimate of drug-likeness (QED) is 0.782. The van der Waals surface area contributed by atoms with Gasteiger partial charge in [0.05, 0.1) is 11.0 Å². The van der Waals surface area contributed by atoms with Gasteiger partial charge in [-0.2, -0.15) is 0 Å². The highest BCUT2D eigenvalue weighted by atomic mass is 32.2. The number of nitrogens with zero attached hydrogens (tertiary/aromatic N) is 1. The molecule has 1 atom stereocenters. The number of furan rings is 1. The van der Waals surface area contributed by atoms with Crippen LogP contribution in [0.3, 0.4) is 0 Å².